The van der Waals surface area contributed by atoms with Gasteiger partial charge in [-0.15, -0.1) is 0 Å². The number of aromatic nitrogens is 3. The van der Waals surface area contributed by atoms with E-state index in [1.54, 1.807) is 17.7 Å². The molecule has 0 saturated carbocycles. The van der Waals surface area contributed by atoms with Gasteiger partial charge < -0.3 is 20.4 Å². The number of nitrogens with zero attached hydrogens (tertiary/aromatic N) is 5. The van der Waals surface area contributed by atoms with Crippen LogP contribution in [0.1, 0.15) is 61.4 Å². The molecule has 3 aliphatic heterocycles. The Balaban J connectivity index is 1.20. The minimum Gasteiger partial charge on any atom is -0.382 e. The van der Waals surface area contributed by atoms with E-state index < -0.39 is 0 Å². The lowest BCUT2D eigenvalue weighted by molar-refractivity contribution is -0.122. The molecule has 0 aliphatic carbocycles. The summed E-state index contributed by atoms with van der Waals surface area (Å²) in [6, 6.07) is 6.53. The largest absolute Gasteiger partial charge is 0.382 e. The summed E-state index contributed by atoms with van der Waals surface area (Å²) < 4.78 is 0. The predicted octanol–water partition coefficient (Wildman–Crippen LogP) is 4.23. The fraction of sp³-hybridized carbons (Fsp3) is 0.500. The number of hydrogen-bond acceptors (Lipinski definition) is 8. The van der Waals surface area contributed by atoms with Crippen LogP contribution in [0.25, 0.3) is 11.3 Å². The van der Waals surface area contributed by atoms with Gasteiger partial charge in [0, 0.05) is 48.6 Å². The molecule has 0 aromatic carbocycles. The molecule has 2 saturated heterocycles. The van der Waals surface area contributed by atoms with E-state index in [1.165, 1.54) is 42.9 Å². The first-order valence-electron chi connectivity index (χ1n) is 13.5. The molecular formula is C28H35N7OS. The summed E-state index contributed by atoms with van der Waals surface area (Å²) in [6.45, 7) is 8.67. The molecule has 9 heteroatoms. The third-order valence-corrected chi connectivity index (χ3v) is 8.75. The first kappa shape index (κ1) is 24.3. The van der Waals surface area contributed by atoms with Crippen molar-refractivity contribution in [2.75, 3.05) is 49.5 Å². The number of rotatable bonds is 7. The summed E-state index contributed by atoms with van der Waals surface area (Å²) in [5, 5.41) is 10.9. The molecule has 6 heterocycles. The summed E-state index contributed by atoms with van der Waals surface area (Å²) in [5.74, 6) is 1.13. The Labute approximate surface area is 222 Å². The molecule has 0 bridgehead atoms. The second kappa shape index (κ2) is 10.8. The molecule has 3 aromatic heterocycles. The Morgan fingerprint density at radius 2 is 1.95 bits per heavy atom. The molecule has 0 radical (unpaired) electrons. The van der Waals surface area contributed by atoms with Gasteiger partial charge in [0.1, 0.15) is 12.1 Å². The number of fused-ring (bicyclic) bond motifs is 1. The van der Waals surface area contributed by atoms with Gasteiger partial charge in [0.2, 0.25) is 5.91 Å². The van der Waals surface area contributed by atoms with Crippen molar-refractivity contribution in [3.8, 4) is 11.3 Å². The van der Waals surface area contributed by atoms with E-state index in [-0.39, 0.29) is 11.8 Å². The lowest BCUT2D eigenvalue weighted by Gasteiger charge is -2.36. The van der Waals surface area contributed by atoms with Crippen LogP contribution in [0.2, 0.25) is 0 Å². The van der Waals surface area contributed by atoms with Crippen LogP contribution in [0.4, 0.5) is 11.5 Å². The molecule has 3 aromatic rings. The zero-order chi connectivity index (χ0) is 25.2. The summed E-state index contributed by atoms with van der Waals surface area (Å²) in [5.41, 5.74) is 6.52. The number of amides is 1. The van der Waals surface area contributed by atoms with Gasteiger partial charge in [0.05, 0.1) is 35.2 Å². The highest BCUT2D eigenvalue weighted by Gasteiger charge is 2.32. The van der Waals surface area contributed by atoms with Crippen molar-refractivity contribution in [2.24, 2.45) is 0 Å². The van der Waals surface area contributed by atoms with Crippen molar-refractivity contribution >= 4 is 28.7 Å². The van der Waals surface area contributed by atoms with Crippen LogP contribution in [0.15, 0.2) is 35.3 Å². The second-order valence-electron chi connectivity index (χ2n) is 10.4. The number of piperidine rings is 1. The summed E-state index contributed by atoms with van der Waals surface area (Å²) in [6.07, 6.45) is 6.28. The summed E-state index contributed by atoms with van der Waals surface area (Å²) >= 11 is 1.71. The number of carbonyl (C=O) groups is 1. The van der Waals surface area contributed by atoms with Crippen LogP contribution in [0, 0.1) is 0 Å². The van der Waals surface area contributed by atoms with E-state index in [0.717, 1.165) is 61.8 Å². The maximum absolute atomic E-state index is 12.4. The Kier molecular flexibility index (Phi) is 7.06. The van der Waals surface area contributed by atoms with Crippen molar-refractivity contribution in [1.82, 2.24) is 25.2 Å². The first-order chi connectivity index (χ1) is 18.2. The summed E-state index contributed by atoms with van der Waals surface area (Å²) in [4.78, 5) is 31.6. The van der Waals surface area contributed by atoms with E-state index in [9.17, 15) is 4.79 Å². The van der Waals surface area contributed by atoms with Gasteiger partial charge in [0.15, 0.2) is 0 Å². The van der Waals surface area contributed by atoms with Crippen LogP contribution < -0.4 is 15.5 Å². The van der Waals surface area contributed by atoms with E-state index >= 15 is 0 Å². The maximum atomic E-state index is 12.4. The van der Waals surface area contributed by atoms with Gasteiger partial charge in [-0.3, -0.25) is 9.78 Å². The lowest BCUT2D eigenvalue weighted by atomic mass is 9.90. The number of nitrogens with one attached hydrogen (secondary N) is 2. The van der Waals surface area contributed by atoms with E-state index in [4.69, 9.17) is 4.98 Å². The van der Waals surface area contributed by atoms with E-state index in [2.05, 4.69) is 59.4 Å². The molecule has 2 fully saturated rings. The highest BCUT2D eigenvalue weighted by Crippen LogP contribution is 2.37. The molecule has 1 unspecified atom stereocenters. The zero-order valence-electron chi connectivity index (χ0n) is 21.4. The van der Waals surface area contributed by atoms with Crippen molar-refractivity contribution in [2.45, 2.75) is 51.0 Å². The van der Waals surface area contributed by atoms with Crippen molar-refractivity contribution in [1.29, 1.82) is 0 Å². The quantitative estimate of drug-likeness (QED) is 0.485. The van der Waals surface area contributed by atoms with E-state index in [1.807, 2.05) is 6.92 Å². The topological polar surface area (TPSA) is 86.3 Å². The number of anilines is 2. The lowest BCUT2D eigenvalue weighted by Crippen LogP contribution is -2.39. The molecule has 1 atom stereocenters. The van der Waals surface area contributed by atoms with Crippen LogP contribution >= 0.6 is 11.3 Å². The van der Waals surface area contributed by atoms with Crippen molar-refractivity contribution in [3.05, 3.63) is 52.2 Å². The Morgan fingerprint density at radius 3 is 2.73 bits per heavy atom. The number of pyridine rings is 1. The molecule has 37 heavy (non-hydrogen) atoms. The second-order valence-corrected chi connectivity index (χ2v) is 11.2. The average Bonchev–Trinajstić information content (AvgIpc) is 3.66. The van der Waals surface area contributed by atoms with Gasteiger partial charge in [-0.1, -0.05) is 0 Å². The first-order valence-corrected chi connectivity index (χ1v) is 14.5. The number of likely N-dealkylation sites (tertiary alicyclic amines) is 1. The number of thiophene rings is 1. The minimum atomic E-state index is -0.229. The van der Waals surface area contributed by atoms with Gasteiger partial charge >= 0.3 is 0 Å². The molecule has 3 aliphatic rings. The molecule has 0 spiro atoms. The van der Waals surface area contributed by atoms with Gasteiger partial charge in [-0.05, 0) is 69.3 Å². The Bertz CT molecular complexity index is 1230. The SMILES string of the molecule is CC1C(=O)NCc2ncnc(N3CCC(c4nc(-c5ccsc5)ccc4NCCN4CCCC4)CC3)c21. The monoisotopic (exact) mass is 517 g/mol. The van der Waals surface area contributed by atoms with E-state index in [0.29, 0.717) is 12.5 Å². The molecule has 2 N–H and O–H groups in total. The number of hydrogen-bond donors (Lipinski definition) is 2. The number of carbonyl (C=O) groups excluding carboxylic acids is 1. The highest BCUT2D eigenvalue weighted by molar-refractivity contribution is 7.08. The van der Waals surface area contributed by atoms with Crippen LogP contribution in [-0.2, 0) is 11.3 Å². The van der Waals surface area contributed by atoms with Crippen molar-refractivity contribution < 1.29 is 4.79 Å². The third-order valence-electron chi connectivity index (χ3n) is 8.07. The highest BCUT2D eigenvalue weighted by atomic mass is 32.1. The predicted molar refractivity (Wildman–Crippen MR) is 148 cm³/mol. The standard InChI is InChI=1S/C28H35N7OS/c1-19-25-24(16-30-28(19)36)31-18-32-27(25)35-12-6-20(7-13-35)26-23(29-9-14-34-10-2-3-11-34)5-4-22(33-26)21-8-15-37-17-21/h4-5,8,15,17-20,29H,2-3,6-7,9-14,16H2,1H3,(H,30,36). The normalized spacial score (nSPS) is 20.6. The smallest absolute Gasteiger partial charge is 0.227 e. The van der Waals surface area contributed by atoms with Crippen LogP contribution in [0.3, 0.4) is 0 Å². The van der Waals surface area contributed by atoms with Crippen LogP contribution in [-0.4, -0.2) is 65.0 Å². The van der Waals surface area contributed by atoms with Gasteiger partial charge in [-0.25, -0.2) is 9.97 Å². The fourth-order valence-electron chi connectivity index (χ4n) is 5.94. The minimum absolute atomic E-state index is 0.0533. The summed E-state index contributed by atoms with van der Waals surface area (Å²) in [7, 11) is 0. The Morgan fingerprint density at radius 1 is 1.11 bits per heavy atom. The van der Waals surface area contributed by atoms with Crippen LogP contribution in [0.5, 0.6) is 0 Å². The molecule has 6 rings (SSSR count). The average molecular weight is 518 g/mol. The van der Waals surface area contributed by atoms with Gasteiger partial charge in [0.25, 0.3) is 0 Å². The zero-order valence-corrected chi connectivity index (χ0v) is 22.3. The molecular weight excluding hydrogens is 482 g/mol. The third kappa shape index (κ3) is 5.07. The maximum Gasteiger partial charge on any atom is 0.227 e. The fourth-order valence-corrected chi connectivity index (χ4v) is 6.59. The van der Waals surface area contributed by atoms with Crippen molar-refractivity contribution in [3.63, 3.8) is 0 Å². The molecule has 194 valence electrons. The molecule has 1 amide bonds. The van der Waals surface area contributed by atoms with Gasteiger partial charge in [-0.2, -0.15) is 11.3 Å². The molecule has 8 nitrogen and oxygen atoms in total. The Hall–Kier alpha value is -3.04.